The number of carbonyl (C=O) groups excluding carboxylic acids is 1. The molecule has 0 aromatic heterocycles. The normalized spacial score (nSPS) is 11.2. The molecule has 0 radical (unpaired) electrons. The monoisotopic (exact) mass is 420 g/mol. The topological polar surface area (TPSA) is 63.6 Å². The molecule has 0 saturated heterocycles. The van der Waals surface area contributed by atoms with Crippen LogP contribution in [-0.4, -0.2) is 24.2 Å². The van der Waals surface area contributed by atoms with E-state index in [1.54, 1.807) is 24.3 Å². The van der Waals surface area contributed by atoms with Gasteiger partial charge in [0, 0.05) is 12.8 Å². The van der Waals surface area contributed by atoms with Crippen LogP contribution < -0.4 is 0 Å². The van der Waals surface area contributed by atoms with E-state index in [1.165, 1.54) is 31.4 Å². The van der Waals surface area contributed by atoms with Gasteiger partial charge in [-0.15, -0.1) is 0 Å². The summed E-state index contributed by atoms with van der Waals surface area (Å²) in [4.78, 5) is 21.2. The molecule has 6 heteroatoms. The van der Waals surface area contributed by atoms with E-state index in [9.17, 15) is 18.4 Å². The molecule has 30 heavy (non-hydrogen) atoms. The number of rotatable bonds is 10. The van der Waals surface area contributed by atoms with Gasteiger partial charge in [0.2, 0.25) is 0 Å². The molecule has 4 nitrogen and oxygen atoms in total. The highest BCUT2D eigenvalue weighted by atomic mass is 19.1. The van der Waals surface area contributed by atoms with Crippen LogP contribution in [0.4, 0.5) is 8.78 Å². The van der Waals surface area contributed by atoms with Crippen molar-refractivity contribution in [2.45, 2.75) is 51.9 Å². The number of halogens is 2. The van der Waals surface area contributed by atoms with E-state index in [0.29, 0.717) is 12.8 Å². The zero-order chi connectivity index (χ0) is 22.4. The Labute approximate surface area is 176 Å². The largest absolute Gasteiger partial charge is 0.481 e. The van der Waals surface area contributed by atoms with Crippen molar-refractivity contribution in [1.82, 2.24) is 0 Å². The molecule has 1 atom stereocenters. The molecule has 0 heterocycles. The van der Waals surface area contributed by atoms with E-state index in [2.05, 4.69) is 4.74 Å². The number of carboxylic acid groups (broad SMARTS) is 1. The first-order chi connectivity index (χ1) is 14.3. The molecular formula is C24H30F2O4. The fraction of sp³-hybridized carbons (Fsp3) is 0.417. The highest BCUT2D eigenvalue weighted by molar-refractivity contribution is 5.69. The maximum Gasteiger partial charge on any atom is 0.305 e. The third-order valence-electron chi connectivity index (χ3n) is 4.60. The van der Waals surface area contributed by atoms with Gasteiger partial charge in [-0.1, -0.05) is 31.2 Å². The van der Waals surface area contributed by atoms with Gasteiger partial charge in [-0.2, -0.15) is 0 Å². The molecule has 0 saturated carbocycles. The molecule has 0 fully saturated rings. The van der Waals surface area contributed by atoms with Crippen molar-refractivity contribution in [2.24, 2.45) is 5.92 Å². The number of hydrogen-bond acceptors (Lipinski definition) is 3. The molecule has 1 unspecified atom stereocenters. The minimum atomic E-state index is -0.760. The molecule has 2 aromatic rings. The number of carboxylic acids is 1. The molecule has 164 valence electrons. The molecule has 0 spiro atoms. The number of methoxy groups -OCH3 is 1. The molecule has 2 rings (SSSR count). The summed E-state index contributed by atoms with van der Waals surface area (Å²) in [6.07, 6.45) is 4.73. The number of unbranched alkanes of at least 4 members (excludes halogenated alkanes) is 1. The number of hydrogen-bond donors (Lipinski definition) is 1. The molecule has 0 amide bonds. The van der Waals surface area contributed by atoms with Crippen LogP contribution in [0.1, 0.15) is 50.2 Å². The number of aliphatic carboxylic acids is 1. The highest BCUT2D eigenvalue weighted by Crippen LogP contribution is 2.14. The van der Waals surface area contributed by atoms with E-state index < -0.39 is 5.97 Å². The highest BCUT2D eigenvalue weighted by Gasteiger charge is 2.09. The van der Waals surface area contributed by atoms with Crippen molar-refractivity contribution in [3.8, 4) is 0 Å². The zero-order valence-electron chi connectivity index (χ0n) is 17.6. The fourth-order valence-corrected chi connectivity index (χ4v) is 2.79. The molecule has 0 aliphatic heterocycles. The first-order valence-electron chi connectivity index (χ1n) is 10.1. The fourth-order valence-electron chi connectivity index (χ4n) is 2.79. The summed E-state index contributed by atoms with van der Waals surface area (Å²) in [5.74, 6) is -1.10. The summed E-state index contributed by atoms with van der Waals surface area (Å²) in [5.41, 5.74) is 2.15. The Morgan fingerprint density at radius 3 is 1.87 bits per heavy atom. The van der Waals surface area contributed by atoms with Crippen LogP contribution in [0.3, 0.4) is 0 Å². The number of ether oxygens (including phenoxy) is 1. The lowest BCUT2D eigenvalue weighted by molar-refractivity contribution is -0.141. The van der Waals surface area contributed by atoms with Gasteiger partial charge in [0.05, 0.1) is 7.11 Å². The Morgan fingerprint density at radius 1 is 0.900 bits per heavy atom. The summed E-state index contributed by atoms with van der Waals surface area (Å²) in [6.45, 7) is 2.01. The zero-order valence-corrected chi connectivity index (χ0v) is 17.6. The predicted octanol–water partition coefficient (Wildman–Crippen LogP) is 5.58. The van der Waals surface area contributed by atoms with Gasteiger partial charge >= 0.3 is 11.9 Å². The van der Waals surface area contributed by atoms with Crippen molar-refractivity contribution in [3.05, 3.63) is 71.3 Å². The molecule has 0 aliphatic carbocycles. The second-order valence-corrected chi connectivity index (χ2v) is 7.28. The minimum Gasteiger partial charge on any atom is -0.481 e. The lowest BCUT2D eigenvalue weighted by Crippen LogP contribution is -2.07. The van der Waals surface area contributed by atoms with E-state index >= 15 is 0 Å². The van der Waals surface area contributed by atoms with E-state index in [4.69, 9.17) is 5.11 Å². The Kier molecular flexibility index (Phi) is 12.0. The second kappa shape index (κ2) is 14.3. The summed E-state index contributed by atoms with van der Waals surface area (Å²) < 4.78 is 29.7. The Balaban J connectivity index is 0.000000303. The molecule has 1 N–H and O–H groups in total. The maximum atomic E-state index is 12.6. The van der Waals surface area contributed by atoms with Gasteiger partial charge in [0.25, 0.3) is 0 Å². The number of esters is 1. The standard InChI is InChI=1S/C13H17FO2.C11H13FO2/c1-10(9-13(15)16-2)3-4-11-5-7-12(14)8-6-11;12-10-7-5-9(6-8-10)3-1-2-4-11(13)14/h5-8,10H,3-4,9H2,1-2H3;5-8H,1-4H2,(H,13,14). The summed E-state index contributed by atoms with van der Waals surface area (Å²) >= 11 is 0. The summed E-state index contributed by atoms with van der Waals surface area (Å²) in [6, 6.07) is 12.8. The van der Waals surface area contributed by atoms with Crippen molar-refractivity contribution >= 4 is 11.9 Å². The lowest BCUT2D eigenvalue weighted by Gasteiger charge is -2.09. The third kappa shape index (κ3) is 11.9. The van der Waals surface area contributed by atoms with E-state index in [1.807, 2.05) is 6.92 Å². The number of aryl methyl sites for hydroxylation is 2. The first kappa shape index (κ1) is 25.3. The van der Waals surface area contributed by atoms with Gasteiger partial charge in [0.15, 0.2) is 0 Å². The average Bonchev–Trinajstić information content (AvgIpc) is 2.72. The minimum absolute atomic E-state index is 0.174. The van der Waals surface area contributed by atoms with Crippen molar-refractivity contribution < 1.29 is 28.2 Å². The van der Waals surface area contributed by atoms with Crippen LogP contribution in [-0.2, 0) is 27.2 Å². The number of carbonyl (C=O) groups is 2. The maximum absolute atomic E-state index is 12.6. The second-order valence-electron chi connectivity index (χ2n) is 7.28. The quantitative estimate of drug-likeness (QED) is 0.403. The Morgan fingerprint density at radius 2 is 1.40 bits per heavy atom. The summed E-state index contributed by atoms with van der Waals surface area (Å²) in [7, 11) is 1.40. The SMILES string of the molecule is COC(=O)CC(C)CCc1ccc(F)cc1.O=C(O)CCCCc1ccc(F)cc1. The average molecular weight is 420 g/mol. The smallest absolute Gasteiger partial charge is 0.305 e. The Hall–Kier alpha value is -2.76. The van der Waals surface area contributed by atoms with Crippen LogP contribution in [0.2, 0.25) is 0 Å². The van der Waals surface area contributed by atoms with Crippen molar-refractivity contribution in [2.75, 3.05) is 7.11 Å². The molecule has 2 aromatic carbocycles. The van der Waals surface area contributed by atoms with E-state index in [-0.39, 0.29) is 29.9 Å². The van der Waals surface area contributed by atoms with Crippen LogP contribution in [0.25, 0.3) is 0 Å². The van der Waals surface area contributed by atoms with Gasteiger partial charge in [-0.25, -0.2) is 8.78 Å². The van der Waals surface area contributed by atoms with Crippen molar-refractivity contribution in [3.63, 3.8) is 0 Å². The van der Waals surface area contributed by atoms with Crippen LogP contribution in [0.5, 0.6) is 0 Å². The van der Waals surface area contributed by atoms with Gasteiger partial charge < -0.3 is 9.84 Å². The van der Waals surface area contributed by atoms with Gasteiger partial charge in [0.1, 0.15) is 11.6 Å². The lowest BCUT2D eigenvalue weighted by atomic mass is 9.98. The van der Waals surface area contributed by atoms with Crippen molar-refractivity contribution in [1.29, 1.82) is 0 Å². The summed E-state index contributed by atoms with van der Waals surface area (Å²) in [5, 5.41) is 8.40. The van der Waals surface area contributed by atoms with E-state index in [0.717, 1.165) is 36.8 Å². The Bertz CT molecular complexity index is 758. The van der Waals surface area contributed by atoms with Crippen LogP contribution in [0.15, 0.2) is 48.5 Å². The number of benzene rings is 2. The first-order valence-corrected chi connectivity index (χ1v) is 10.1. The molecular weight excluding hydrogens is 390 g/mol. The van der Waals surface area contributed by atoms with Crippen LogP contribution in [0, 0.1) is 17.6 Å². The predicted molar refractivity (Wildman–Crippen MR) is 112 cm³/mol. The third-order valence-corrected chi connectivity index (χ3v) is 4.60. The van der Waals surface area contributed by atoms with Gasteiger partial charge in [-0.3, -0.25) is 9.59 Å². The molecule has 0 bridgehead atoms. The van der Waals surface area contributed by atoms with Gasteiger partial charge in [-0.05, 0) is 73.4 Å². The molecule has 0 aliphatic rings. The van der Waals surface area contributed by atoms with Crippen LogP contribution >= 0.6 is 0 Å².